The number of hydrogen-bond acceptors (Lipinski definition) is 1. The second kappa shape index (κ2) is 4.73. The summed E-state index contributed by atoms with van der Waals surface area (Å²) in [6.07, 6.45) is 0. The van der Waals surface area contributed by atoms with Crippen LogP contribution in [0.5, 0.6) is 5.75 Å². The third kappa shape index (κ3) is 2.65. The largest absolute Gasteiger partial charge is 0.505 e. The SMILES string of the molecule is Oc1c(Cl)cc(-c2cc(F)cc(Cl)c2)cc1Cl. The summed E-state index contributed by atoms with van der Waals surface area (Å²) < 4.78 is 13.2. The predicted molar refractivity (Wildman–Crippen MR) is 68.5 cm³/mol. The van der Waals surface area contributed by atoms with Crippen molar-refractivity contribution in [3.05, 3.63) is 51.2 Å². The molecule has 0 radical (unpaired) electrons. The molecule has 88 valence electrons. The third-order valence-electron chi connectivity index (χ3n) is 2.21. The van der Waals surface area contributed by atoms with Gasteiger partial charge in [-0.2, -0.15) is 0 Å². The molecule has 2 aromatic rings. The molecule has 0 heterocycles. The molecule has 0 aliphatic carbocycles. The van der Waals surface area contributed by atoms with Crippen molar-refractivity contribution in [1.29, 1.82) is 0 Å². The zero-order valence-corrected chi connectivity index (χ0v) is 10.6. The molecule has 0 saturated carbocycles. The van der Waals surface area contributed by atoms with Gasteiger partial charge in [-0.15, -0.1) is 0 Å². The molecule has 0 fully saturated rings. The van der Waals surface area contributed by atoms with Gasteiger partial charge in [0.05, 0.1) is 10.0 Å². The number of aromatic hydroxyl groups is 1. The van der Waals surface area contributed by atoms with E-state index in [2.05, 4.69) is 0 Å². The summed E-state index contributed by atoms with van der Waals surface area (Å²) in [5.74, 6) is -0.646. The topological polar surface area (TPSA) is 20.2 Å². The Morgan fingerprint density at radius 1 is 0.824 bits per heavy atom. The number of hydrogen-bond donors (Lipinski definition) is 1. The Morgan fingerprint density at radius 3 is 1.88 bits per heavy atom. The van der Waals surface area contributed by atoms with E-state index >= 15 is 0 Å². The molecule has 2 aromatic carbocycles. The lowest BCUT2D eigenvalue weighted by molar-refractivity contribution is 0.476. The minimum absolute atomic E-state index is 0.105. The lowest BCUT2D eigenvalue weighted by atomic mass is 10.1. The Hall–Kier alpha value is -0.960. The van der Waals surface area contributed by atoms with Crippen LogP contribution in [0.1, 0.15) is 0 Å². The third-order valence-corrected chi connectivity index (χ3v) is 3.01. The molecule has 0 amide bonds. The van der Waals surface area contributed by atoms with Crippen LogP contribution in [0.25, 0.3) is 11.1 Å². The molecule has 0 aromatic heterocycles. The van der Waals surface area contributed by atoms with Gasteiger partial charge in [-0.25, -0.2) is 4.39 Å². The summed E-state index contributed by atoms with van der Waals surface area (Å²) >= 11 is 17.3. The van der Waals surface area contributed by atoms with Crippen molar-refractivity contribution in [1.82, 2.24) is 0 Å². The number of phenolic OH excluding ortho intramolecular Hbond substituents is 1. The Morgan fingerprint density at radius 2 is 1.35 bits per heavy atom. The average Bonchev–Trinajstić information content (AvgIpc) is 2.23. The zero-order chi connectivity index (χ0) is 12.6. The zero-order valence-electron chi connectivity index (χ0n) is 8.35. The van der Waals surface area contributed by atoms with Gasteiger partial charge in [-0.05, 0) is 41.5 Å². The maximum atomic E-state index is 13.2. The van der Waals surface area contributed by atoms with E-state index < -0.39 is 5.82 Å². The highest BCUT2D eigenvalue weighted by atomic mass is 35.5. The standard InChI is InChI=1S/C12H6Cl3FO/c13-8-1-6(2-9(16)5-8)7-3-10(14)12(17)11(15)4-7/h1-5,17H. The van der Waals surface area contributed by atoms with Gasteiger partial charge in [0, 0.05) is 5.02 Å². The molecule has 0 bridgehead atoms. The van der Waals surface area contributed by atoms with Crippen LogP contribution in [0.4, 0.5) is 4.39 Å². The van der Waals surface area contributed by atoms with E-state index in [1.165, 1.54) is 24.3 Å². The Balaban J connectivity index is 2.60. The molecule has 0 aliphatic rings. The number of rotatable bonds is 1. The predicted octanol–water partition coefficient (Wildman–Crippen LogP) is 5.16. The van der Waals surface area contributed by atoms with Crippen molar-refractivity contribution in [3.8, 4) is 16.9 Å². The van der Waals surface area contributed by atoms with Crippen LogP contribution in [-0.2, 0) is 0 Å². The Bertz CT molecular complexity index is 541. The van der Waals surface area contributed by atoms with Gasteiger partial charge >= 0.3 is 0 Å². The summed E-state index contributed by atoms with van der Waals surface area (Å²) in [6.45, 7) is 0. The smallest absolute Gasteiger partial charge is 0.152 e. The van der Waals surface area contributed by atoms with Gasteiger partial charge in [-0.1, -0.05) is 34.8 Å². The highest BCUT2D eigenvalue weighted by Crippen LogP contribution is 2.37. The fourth-order valence-electron chi connectivity index (χ4n) is 1.45. The molecule has 5 heteroatoms. The highest BCUT2D eigenvalue weighted by molar-refractivity contribution is 6.37. The number of halogens is 4. The van der Waals surface area contributed by atoms with Crippen molar-refractivity contribution < 1.29 is 9.50 Å². The first kappa shape index (κ1) is 12.5. The van der Waals surface area contributed by atoms with Crippen LogP contribution >= 0.6 is 34.8 Å². The van der Waals surface area contributed by atoms with Crippen molar-refractivity contribution in [2.75, 3.05) is 0 Å². The van der Waals surface area contributed by atoms with E-state index in [1.54, 1.807) is 6.07 Å². The minimum atomic E-state index is -0.451. The maximum absolute atomic E-state index is 13.2. The quantitative estimate of drug-likeness (QED) is 0.769. The molecule has 0 unspecified atom stereocenters. The lowest BCUT2D eigenvalue weighted by Crippen LogP contribution is -1.82. The van der Waals surface area contributed by atoms with Gasteiger partial charge in [0.2, 0.25) is 0 Å². The fraction of sp³-hybridized carbons (Fsp3) is 0. The second-order valence-corrected chi connectivity index (χ2v) is 4.70. The highest BCUT2D eigenvalue weighted by Gasteiger charge is 2.09. The van der Waals surface area contributed by atoms with Gasteiger partial charge < -0.3 is 5.11 Å². The summed E-state index contributed by atoms with van der Waals surface area (Å²) in [6, 6.07) is 7.09. The minimum Gasteiger partial charge on any atom is -0.505 e. The average molecular weight is 292 g/mol. The van der Waals surface area contributed by atoms with Crippen LogP contribution in [-0.4, -0.2) is 5.11 Å². The number of phenols is 1. The fourth-order valence-corrected chi connectivity index (χ4v) is 2.16. The molecule has 1 nitrogen and oxygen atoms in total. The van der Waals surface area contributed by atoms with Crippen molar-refractivity contribution in [2.24, 2.45) is 0 Å². The van der Waals surface area contributed by atoms with E-state index in [4.69, 9.17) is 34.8 Å². The first-order chi connectivity index (χ1) is 7.97. The molecule has 0 aliphatic heterocycles. The summed E-state index contributed by atoms with van der Waals surface area (Å²) in [5, 5.41) is 9.91. The number of benzene rings is 2. The van der Waals surface area contributed by atoms with E-state index in [0.29, 0.717) is 11.1 Å². The molecule has 1 N–H and O–H groups in total. The van der Waals surface area contributed by atoms with Crippen molar-refractivity contribution in [3.63, 3.8) is 0 Å². The van der Waals surface area contributed by atoms with Gasteiger partial charge in [-0.3, -0.25) is 0 Å². The Kier molecular flexibility index (Phi) is 3.48. The van der Waals surface area contributed by atoms with Gasteiger partial charge in [0.1, 0.15) is 5.82 Å². The Labute approximate surface area is 112 Å². The molecule has 0 atom stereocenters. The molecule has 2 rings (SSSR count). The lowest BCUT2D eigenvalue weighted by Gasteiger charge is -2.06. The molecular formula is C12H6Cl3FO. The van der Waals surface area contributed by atoms with Crippen molar-refractivity contribution >= 4 is 34.8 Å². The normalized spacial score (nSPS) is 10.6. The van der Waals surface area contributed by atoms with Crippen molar-refractivity contribution in [2.45, 2.75) is 0 Å². The molecule has 17 heavy (non-hydrogen) atoms. The van der Waals surface area contributed by atoms with Crippen LogP contribution in [0.2, 0.25) is 15.1 Å². The van der Waals surface area contributed by atoms with Crippen LogP contribution < -0.4 is 0 Å². The van der Waals surface area contributed by atoms with Gasteiger partial charge in [0.25, 0.3) is 0 Å². The summed E-state index contributed by atoms with van der Waals surface area (Å²) in [5.41, 5.74) is 1.12. The first-order valence-corrected chi connectivity index (χ1v) is 5.75. The van der Waals surface area contributed by atoms with E-state index in [0.717, 1.165) is 0 Å². The van der Waals surface area contributed by atoms with E-state index in [9.17, 15) is 9.50 Å². The van der Waals surface area contributed by atoms with E-state index in [1.807, 2.05) is 0 Å². The van der Waals surface area contributed by atoms with E-state index in [-0.39, 0.29) is 20.8 Å². The van der Waals surface area contributed by atoms with Crippen LogP contribution in [0.15, 0.2) is 30.3 Å². The van der Waals surface area contributed by atoms with Gasteiger partial charge in [0.15, 0.2) is 5.75 Å². The molecular weight excluding hydrogens is 285 g/mol. The monoisotopic (exact) mass is 290 g/mol. The van der Waals surface area contributed by atoms with Crippen LogP contribution in [0, 0.1) is 5.82 Å². The summed E-state index contributed by atoms with van der Waals surface area (Å²) in [7, 11) is 0. The van der Waals surface area contributed by atoms with Crippen LogP contribution in [0.3, 0.4) is 0 Å². The summed E-state index contributed by atoms with van der Waals surface area (Å²) in [4.78, 5) is 0. The molecule has 0 saturated heterocycles. The first-order valence-electron chi connectivity index (χ1n) is 4.62. The second-order valence-electron chi connectivity index (χ2n) is 3.45. The molecule has 0 spiro atoms. The maximum Gasteiger partial charge on any atom is 0.152 e.